The predicted octanol–water partition coefficient (Wildman–Crippen LogP) is 2.96. The highest BCUT2D eigenvalue weighted by atomic mass is 16.5. The number of nitrogens with one attached hydrogen (secondary N) is 1. The quantitative estimate of drug-likeness (QED) is 0.805. The lowest BCUT2D eigenvalue weighted by Crippen LogP contribution is -2.31. The number of carboxylic acid groups (broad SMARTS) is 1. The summed E-state index contributed by atoms with van der Waals surface area (Å²) in [4.78, 5) is 23.4. The van der Waals surface area contributed by atoms with Crippen molar-refractivity contribution < 1.29 is 19.4 Å². The number of aliphatic carboxylic acids is 1. The lowest BCUT2D eigenvalue weighted by Gasteiger charge is -2.18. The van der Waals surface area contributed by atoms with Gasteiger partial charge in [0.1, 0.15) is 6.61 Å². The van der Waals surface area contributed by atoms with Crippen LogP contribution >= 0.6 is 0 Å². The number of nitrogens with zero attached hydrogens (tertiary/aromatic N) is 2. The first kappa shape index (κ1) is 18.5. The molecular weight excluding hydrogens is 322 g/mol. The Hall–Kier alpha value is -2.83. The molecule has 7 heteroatoms. The van der Waals surface area contributed by atoms with Gasteiger partial charge in [0.15, 0.2) is 0 Å². The van der Waals surface area contributed by atoms with Gasteiger partial charge in [-0.15, -0.1) is 0 Å². The van der Waals surface area contributed by atoms with E-state index in [1.165, 1.54) is 0 Å². The number of benzene rings is 1. The van der Waals surface area contributed by atoms with Crippen molar-refractivity contribution >= 4 is 12.1 Å². The van der Waals surface area contributed by atoms with Crippen LogP contribution in [0.1, 0.15) is 41.9 Å². The van der Waals surface area contributed by atoms with Crippen molar-refractivity contribution in [3.63, 3.8) is 0 Å². The molecule has 0 bridgehead atoms. The molecule has 0 unspecified atom stereocenters. The average molecular weight is 345 g/mol. The van der Waals surface area contributed by atoms with Crippen LogP contribution in [-0.2, 0) is 22.7 Å². The first-order chi connectivity index (χ1) is 11.9. The number of ether oxygens (including phenoxy) is 1. The topological polar surface area (TPSA) is 93.5 Å². The van der Waals surface area contributed by atoms with E-state index in [4.69, 9.17) is 4.74 Å². The van der Waals surface area contributed by atoms with Crippen molar-refractivity contribution in [2.75, 3.05) is 0 Å². The monoisotopic (exact) mass is 345 g/mol. The highest BCUT2D eigenvalue weighted by Gasteiger charge is 2.25. The van der Waals surface area contributed by atoms with Gasteiger partial charge in [-0.2, -0.15) is 5.10 Å². The number of hydrogen-bond acceptors (Lipinski definition) is 4. The third-order valence-corrected chi connectivity index (χ3v) is 3.97. The van der Waals surface area contributed by atoms with E-state index in [2.05, 4.69) is 10.4 Å². The third-order valence-electron chi connectivity index (χ3n) is 3.97. The fraction of sp³-hybridized carbons (Fsp3) is 0.389. The minimum absolute atomic E-state index is 0.124. The fourth-order valence-corrected chi connectivity index (χ4v) is 2.83. The second kappa shape index (κ2) is 8.32. The Morgan fingerprint density at radius 1 is 1.28 bits per heavy atom. The number of aromatic nitrogens is 2. The molecule has 25 heavy (non-hydrogen) atoms. The highest BCUT2D eigenvalue weighted by Crippen LogP contribution is 2.24. The maximum atomic E-state index is 12.1. The van der Waals surface area contributed by atoms with Crippen LogP contribution in [-0.4, -0.2) is 26.9 Å². The van der Waals surface area contributed by atoms with E-state index in [1.807, 2.05) is 44.2 Å². The number of aryl methyl sites for hydroxylation is 2. The van der Waals surface area contributed by atoms with E-state index >= 15 is 0 Å². The molecule has 1 atom stereocenters. The van der Waals surface area contributed by atoms with Crippen molar-refractivity contribution in [3.8, 4) is 0 Å². The smallest absolute Gasteiger partial charge is 0.407 e. The van der Waals surface area contributed by atoms with Crippen molar-refractivity contribution in [2.24, 2.45) is 0 Å². The van der Waals surface area contributed by atoms with Gasteiger partial charge in [0.25, 0.3) is 0 Å². The van der Waals surface area contributed by atoms with Gasteiger partial charge in [0.05, 0.1) is 18.2 Å². The van der Waals surface area contributed by atoms with Crippen LogP contribution in [0.3, 0.4) is 0 Å². The van der Waals surface area contributed by atoms with E-state index in [0.717, 1.165) is 16.8 Å². The summed E-state index contributed by atoms with van der Waals surface area (Å²) in [6, 6.07) is 8.60. The van der Waals surface area contributed by atoms with Crippen LogP contribution in [0.2, 0.25) is 0 Å². The second-order valence-electron chi connectivity index (χ2n) is 5.76. The fourth-order valence-electron chi connectivity index (χ4n) is 2.83. The number of amides is 1. The summed E-state index contributed by atoms with van der Waals surface area (Å²) < 4.78 is 6.99. The van der Waals surface area contributed by atoms with E-state index in [9.17, 15) is 14.7 Å². The molecule has 0 aliphatic rings. The summed E-state index contributed by atoms with van der Waals surface area (Å²) in [5, 5.41) is 16.2. The molecule has 0 radical (unpaired) electrons. The van der Waals surface area contributed by atoms with Gasteiger partial charge < -0.3 is 15.2 Å². The van der Waals surface area contributed by atoms with Gasteiger partial charge in [0, 0.05) is 17.8 Å². The molecule has 2 N–H and O–H groups in total. The maximum Gasteiger partial charge on any atom is 0.407 e. The standard InChI is InChI=1S/C18H23N3O4/c1-4-21-13(3)17(12(2)20-21)15(10-16(22)23)19-18(24)25-11-14-8-6-5-7-9-14/h5-9,15H,4,10-11H2,1-3H3,(H,19,24)(H,22,23)/t15-/m0/s1. The minimum atomic E-state index is -1.00. The zero-order chi connectivity index (χ0) is 18.4. The average Bonchev–Trinajstić information content (AvgIpc) is 2.86. The van der Waals surface area contributed by atoms with Crippen molar-refractivity contribution in [3.05, 3.63) is 52.8 Å². The van der Waals surface area contributed by atoms with E-state index in [1.54, 1.807) is 11.6 Å². The molecule has 2 rings (SSSR count). The molecule has 1 aromatic heterocycles. The molecule has 134 valence electrons. The summed E-state index contributed by atoms with van der Waals surface area (Å²) >= 11 is 0. The van der Waals surface area contributed by atoms with E-state index in [0.29, 0.717) is 12.2 Å². The first-order valence-electron chi connectivity index (χ1n) is 8.15. The molecule has 2 aromatic rings. The normalized spacial score (nSPS) is 11.8. The van der Waals surface area contributed by atoms with Gasteiger partial charge in [-0.05, 0) is 26.3 Å². The second-order valence-corrected chi connectivity index (χ2v) is 5.76. The first-order valence-corrected chi connectivity index (χ1v) is 8.15. The van der Waals surface area contributed by atoms with E-state index in [-0.39, 0.29) is 13.0 Å². The summed E-state index contributed by atoms with van der Waals surface area (Å²) in [7, 11) is 0. The largest absolute Gasteiger partial charge is 0.481 e. The molecule has 1 aromatic carbocycles. The molecule has 0 aliphatic carbocycles. The van der Waals surface area contributed by atoms with Gasteiger partial charge in [-0.3, -0.25) is 9.48 Å². The molecule has 0 fully saturated rings. The van der Waals surface area contributed by atoms with Gasteiger partial charge in [-0.1, -0.05) is 30.3 Å². The molecule has 7 nitrogen and oxygen atoms in total. The van der Waals surface area contributed by atoms with Crippen LogP contribution in [0.4, 0.5) is 4.79 Å². The summed E-state index contributed by atoms with van der Waals surface area (Å²) in [5.74, 6) is -1.00. The van der Waals surface area contributed by atoms with Crippen molar-refractivity contribution in [1.29, 1.82) is 0 Å². The molecule has 0 spiro atoms. The number of alkyl carbamates (subject to hydrolysis) is 1. The zero-order valence-electron chi connectivity index (χ0n) is 14.7. The molecule has 1 amide bonds. The number of rotatable bonds is 7. The molecule has 0 saturated heterocycles. The number of carbonyl (C=O) groups is 2. The van der Waals surface area contributed by atoms with Gasteiger partial charge in [0.2, 0.25) is 0 Å². The summed E-state index contributed by atoms with van der Waals surface area (Å²) in [6.45, 7) is 6.42. The SMILES string of the molecule is CCn1nc(C)c([C@H](CC(=O)O)NC(=O)OCc2ccccc2)c1C. The predicted molar refractivity (Wildman–Crippen MR) is 92.1 cm³/mol. The van der Waals surface area contributed by atoms with Gasteiger partial charge >= 0.3 is 12.1 Å². The number of carboxylic acids is 1. The summed E-state index contributed by atoms with van der Waals surface area (Å²) in [5.41, 5.74) is 3.13. The maximum absolute atomic E-state index is 12.1. The van der Waals surface area contributed by atoms with Crippen LogP contribution in [0.5, 0.6) is 0 Å². The minimum Gasteiger partial charge on any atom is -0.481 e. The summed E-state index contributed by atoms with van der Waals surface area (Å²) in [6.07, 6.45) is -0.893. The lowest BCUT2D eigenvalue weighted by atomic mass is 10.0. The Bertz CT molecular complexity index is 740. The highest BCUT2D eigenvalue weighted by molar-refractivity contribution is 5.72. The van der Waals surface area contributed by atoms with Crippen LogP contribution in [0.15, 0.2) is 30.3 Å². The van der Waals surface area contributed by atoms with E-state index < -0.39 is 18.1 Å². The zero-order valence-corrected chi connectivity index (χ0v) is 14.7. The third kappa shape index (κ3) is 4.82. The molecule has 1 heterocycles. The molecular formula is C18H23N3O4. The van der Waals surface area contributed by atoms with Crippen molar-refractivity contribution in [1.82, 2.24) is 15.1 Å². The Labute approximate surface area is 146 Å². The Morgan fingerprint density at radius 2 is 1.96 bits per heavy atom. The number of hydrogen-bond donors (Lipinski definition) is 2. The van der Waals surface area contributed by atoms with Crippen molar-refractivity contribution in [2.45, 2.75) is 46.4 Å². The lowest BCUT2D eigenvalue weighted by molar-refractivity contribution is -0.137. The molecule has 0 aliphatic heterocycles. The Kier molecular flexibility index (Phi) is 6.16. The van der Waals surface area contributed by atoms with Gasteiger partial charge in [-0.25, -0.2) is 4.79 Å². The van der Waals surface area contributed by atoms with Crippen LogP contribution in [0, 0.1) is 13.8 Å². The Morgan fingerprint density at radius 3 is 2.52 bits per heavy atom. The van der Waals surface area contributed by atoms with Crippen LogP contribution < -0.4 is 5.32 Å². The van der Waals surface area contributed by atoms with Crippen LogP contribution in [0.25, 0.3) is 0 Å². The Balaban J connectivity index is 2.11. The molecule has 0 saturated carbocycles. The number of carbonyl (C=O) groups excluding carboxylic acids is 1.